The second kappa shape index (κ2) is 8.49. The largest absolute Gasteiger partial charge is 0.330 e. The van der Waals surface area contributed by atoms with Crippen LogP contribution >= 0.6 is 0 Å². The van der Waals surface area contributed by atoms with Crippen molar-refractivity contribution in [2.75, 3.05) is 0 Å². The Morgan fingerprint density at radius 3 is 2.47 bits per heavy atom. The van der Waals surface area contributed by atoms with E-state index in [4.69, 9.17) is 0 Å². The molecule has 0 aliphatic heterocycles. The van der Waals surface area contributed by atoms with E-state index in [1.54, 1.807) is 11.6 Å². The van der Waals surface area contributed by atoms with Gasteiger partial charge < -0.3 is 4.57 Å². The number of hydrogen-bond donors (Lipinski definition) is 1. The second-order valence-electron chi connectivity index (χ2n) is 7.11. The number of nitriles is 1. The second-order valence-corrected chi connectivity index (χ2v) is 7.11. The molecule has 158 valence electrons. The zero-order valence-corrected chi connectivity index (χ0v) is 17.7. The number of H-pyrrole nitrogens is 1. The maximum Gasteiger partial charge on any atom is 0.330 e. The molecule has 0 amide bonds. The third-order valence-corrected chi connectivity index (χ3v) is 5.27. The summed E-state index contributed by atoms with van der Waals surface area (Å²) in [5.41, 5.74) is 0.447. The van der Waals surface area contributed by atoms with Crippen molar-refractivity contribution in [3.05, 3.63) is 53.8 Å². The van der Waals surface area contributed by atoms with Gasteiger partial charge >= 0.3 is 5.69 Å². The zero-order chi connectivity index (χ0) is 22.0. The molecule has 0 fully saturated rings. The molecule has 0 atom stereocenters. The van der Waals surface area contributed by atoms with Crippen molar-refractivity contribution in [2.24, 2.45) is 7.05 Å². The first-order chi connectivity index (χ1) is 14.4. The summed E-state index contributed by atoms with van der Waals surface area (Å²) in [5.74, 6) is 0.399. The Morgan fingerprint density at radius 1 is 1.13 bits per heavy atom. The molecule has 3 aromatic rings. The molecule has 0 saturated carbocycles. The van der Waals surface area contributed by atoms with Gasteiger partial charge in [0, 0.05) is 13.6 Å². The van der Waals surface area contributed by atoms with E-state index in [1.807, 2.05) is 26.8 Å². The third-order valence-electron chi connectivity index (χ3n) is 5.27. The number of nitrogens with one attached hydrogen (secondary N) is 1. The highest BCUT2D eigenvalue weighted by Crippen LogP contribution is 2.13. The molecule has 3 aromatic heterocycles. The van der Waals surface area contributed by atoms with Crippen LogP contribution in [0.3, 0.4) is 0 Å². The minimum Gasteiger partial charge on any atom is -0.324 e. The average molecular weight is 411 g/mol. The molecule has 0 aliphatic rings. The third kappa shape index (κ3) is 3.47. The lowest BCUT2D eigenvalue weighted by atomic mass is 10.0. The fraction of sp³-hybridized carbons (Fsp3) is 0.500. The van der Waals surface area contributed by atoms with E-state index in [0.717, 1.165) is 12.8 Å². The molecule has 30 heavy (non-hydrogen) atoms. The van der Waals surface area contributed by atoms with Crippen molar-refractivity contribution in [3.8, 4) is 6.07 Å². The number of imidazole rings is 1. The molecule has 0 radical (unpaired) electrons. The van der Waals surface area contributed by atoms with E-state index in [1.165, 1.54) is 9.25 Å². The number of aromatic amines is 1. The molecule has 3 rings (SSSR count). The first-order valence-corrected chi connectivity index (χ1v) is 10.1. The van der Waals surface area contributed by atoms with E-state index < -0.39 is 16.8 Å². The van der Waals surface area contributed by atoms with Crippen molar-refractivity contribution >= 4 is 11.2 Å². The van der Waals surface area contributed by atoms with Gasteiger partial charge in [0.2, 0.25) is 0 Å². The van der Waals surface area contributed by atoms with Gasteiger partial charge in [0.25, 0.3) is 11.1 Å². The van der Waals surface area contributed by atoms with Gasteiger partial charge in [-0.1, -0.05) is 27.2 Å². The van der Waals surface area contributed by atoms with Crippen molar-refractivity contribution in [2.45, 2.75) is 59.5 Å². The number of hydrogen-bond acceptors (Lipinski definition) is 6. The van der Waals surface area contributed by atoms with E-state index in [-0.39, 0.29) is 23.3 Å². The predicted molar refractivity (Wildman–Crippen MR) is 112 cm³/mol. The SMILES string of the molecule is CCCCn1c(=O)[nH]c(=O)c2c1nc(Cn1nc(CC)c(CC)c(C#N)c1=O)n2C. The number of fused-ring (bicyclic) bond motifs is 1. The van der Waals surface area contributed by atoms with E-state index in [9.17, 15) is 19.6 Å². The Labute approximate surface area is 172 Å². The molecule has 3 heterocycles. The monoisotopic (exact) mass is 411 g/mol. The number of rotatable bonds is 7. The Hall–Kier alpha value is -3.48. The molecule has 0 saturated heterocycles. The van der Waals surface area contributed by atoms with Gasteiger partial charge in [0.05, 0.1) is 5.69 Å². The first kappa shape index (κ1) is 21.2. The Bertz CT molecular complexity index is 1320. The molecular weight excluding hydrogens is 386 g/mol. The summed E-state index contributed by atoms with van der Waals surface area (Å²) >= 11 is 0. The van der Waals surface area contributed by atoms with E-state index in [2.05, 4.69) is 15.1 Å². The highest BCUT2D eigenvalue weighted by Gasteiger charge is 2.20. The fourth-order valence-electron chi connectivity index (χ4n) is 3.63. The number of aromatic nitrogens is 6. The Morgan fingerprint density at radius 2 is 1.87 bits per heavy atom. The maximum atomic E-state index is 12.8. The normalized spacial score (nSPS) is 11.2. The van der Waals surface area contributed by atoms with Gasteiger partial charge in [-0.3, -0.25) is 19.1 Å². The standard InChI is InChI=1S/C20H25N7O3/c1-5-8-9-26-17-16(18(28)23-20(26)30)25(4)15(22-17)11-27-19(29)13(10-21)12(6-2)14(7-3)24-27/h5-9,11H2,1-4H3,(H,23,28,30). The molecule has 1 N–H and O–H groups in total. The molecular formula is C20H25N7O3. The molecule has 10 heteroatoms. The van der Waals surface area contributed by atoms with Crippen molar-refractivity contribution in [1.82, 2.24) is 28.9 Å². The summed E-state index contributed by atoms with van der Waals surface area (Å²) in [5, 5.41) is 13.9. The molecule has 10 nitrogen and oxygen atoms in total. The Kier molecular flexibility index (Phi) is 6.01. The topological polar surface area (TPSA) is 131 Å². The van der Waals surface area contributed by atoms with Crippen LogP contribution in [0.5, 0.6) is 0 Å². The van der Waals surface area contributed by atoms with Gasteiger partial charge in [-0.15, -0.1) is 0 Å². The fourth-order valence-corrected chi connectivity index (χ4v) is 3.63. The smallest absolute Gasteiger partial charge is 0.324 e. The van der Waals surface area contributed by atoms with Crippen LogP contribution in [0.1, 0.15) is 56.3 Å². The molecule has 0 bridgehead atoms. The summed E-state index contributed by atoms with van der Waals surface area (Å²) in [6.45, 7) is 6.22. The molecule has 0 aliphatic carbocycles. The van der Waals surface area contributed by atoms with Crippen LogP contribution in [0.2, 0.25) is 0 Å². The summed E-state index contributed by atoms with van der Waals surface area (Å²) in [4.78, 5) is 44.4. The number of aryl methyl sites for hydroxylation is 3. The van der Waals surface area contributed by atoms with Crippen LogP contribution in [0.25, 0.3) is 11.2 Å². The maximum absolute atomic E-state index is 12.8. The van der Waals surface area contributed by atoms with Crippen molar-refractivity contribution in [1.29, 1.82) is 5.26 Å². The van der Waals surface area contributed by atoms with Crippen molar-refractivity contribution in [3.63, 3.8) is 0 Å². The highest BCUT2D eigenvalue weighted by molar-refractivity contribution is 5.70. The first-order valence-electron chi connectivity index (χ1n) is 10.1. The predicted octanol–water partition coefficient (Wildman–Crippen LogP) is 0.825. The minimum absolute atomic E-state index is 0.0168. The van der Waals surface area contributed by atoms with Gasteiger partial charge in [0.1, 0.15) is 24.0 Å². The van der Waals surface area contributed by atoms with E-state index in [0.29, 0.717) is 36.5 Å². The van der Waals surface area contributed by atoms with Crippen LogP contribution in [0.4, 0.5) is 0 Å². The Balaban J connectivity index is 2.21. The lowest BCUT2D eigenvalue weighted by Crippen LogP contribution is -2.31. The van der Waals surface area contributed by atoms with Crippen LogP contribution in [-0.4, -0.2) is 28.9 Å². The van der Waals surface area contributed by atoms with Crippen LogP contribution in [0, 0.1) is 11.3 Å². The van der Waals surface area contributed by atoms with Gasteiger partial charge in [-0.2, -0.15) is 10.4 Å². The lowest BCUT2D eigenvalue weighted by Gasteiger charge is -2.11. The highest BCUT2D eigenvalue weighted by atomic mass is 16.2. The van der Waals surface area contributed by atoms with Crippen LogP contribution < -0.4 is 16.8 Å². The molecule has 0 spiro atoms. The van der Waals surface area contributed by atoms with Crippen molar-refractivity contribution < 1.29 is 0 Å². The summed E-state index contributed by atoms with van der Waals surface area (Å²) in [6, 6.07) is 2.00. The average Bonchev–Trinajstić information content (AvgIpc) is 3.05. The van der Waals surface area contributed by atoms with Gasteiger partial charge in [-0.05, 0) is 24.8 Å². The number of unbranched alkanes of at least 4 members (excludes halogenated alkanes) is 1. The minimum atomic E-state index is -0.530. The quantitative estimate of drug-likeness (QED) is 0.612. The molecule has 0 aromatic carbocycles. The lowest BCUT2D eigenvalue weighted by molar-refractivity contribution is 0.579. The van der Waals surface area contributed by atoms with Gasteiger partial charge in [0.15, 0.2) is 11.2 Å². The summed E-state index contributed by atoms with van der Waals surface area (Å²) in [6.07, 6.45) is 2.77. The van der Waals surface area contributed by atoms with Gasteiger partial charge in [-0.25, -0.2) is 14.5 Å². The van der Waals surface area contributed by atoms with Crippen LogP contribution in [0.15, 0.2) is 14.4 Å². The van der Waals surface area contributed by atoms with Crippen LogP contribution in [-0.2, 0) is 33.0 Å². The summed E-state index contributed by atoms with van der Waals surface area (Å²) < 4.78 is 4.22. The van der Waals surface area contributed by atoms with E-state index >= 15 is 0 Å². The molecule has 0 unspecified atom stereocenters. The summed E-state index contributed by atoms with van der Waals surface area (Å²) in [7, 11) is 1.66. The zero-order valence-electron chi connectivity index (χ0n) is 17.7. The number of nitrogens with zero attached hydrogens (tertiary/aromatic N) is 6.